The van der Waals surface area contributed by atoms with Crippen LogP contribution in [0.1, 0.15) is 0 Å². The molecule has 0 aromatic heterocycles. The molecule has 0 spiro atoms. The predicted molar refractivity (Wildman–Crippen MR) is 97.8 cm³/mol. The highest BCUT2D eigenvalue weighted by Crippen LogP contribution is 2.36. The lowest BCUT2D eigenvalue weighted by Crippen LogP contribution is -2.62. The molecule has 2 aromatic carbocycles. The minimum Gasteiger partial charge on any atom is -0.493 e. The number of sulfonamides is 1. The number of rotatable bonds is 6. The Kier molecular flexibility index (Phi) is 5.59. The van der Waals surface area contributed by atoms with E-state index in [0.717, 1.165) is 28.6 Å². The maximum Gasteiger partial charge on any atom is 0.243 e. The molecule has 0 unspecified atom stereocenters. The van der Waals surface area contributed by atoms with E-state index in [9.17, 15) is 22.3 Å². The molecule has 0 amide bonds. The van der Waals surface area contributed by atoms with Crippen molar-refractivity contribution in [1.29, 1.82) is 0 Å². The van der Waals surface area contributed by atoms with Crippen LogP contribution in [0.4, 0.5) is 14.5 Å². The van der Waals surface area contributed by atoms with E-state index in [0.29, 0.717) is 0 Å². The fraction of sp³-hybridized carbons (Fsp3) is 0.278. The Balaban J connectivity index is 1.68. The Labute approximate surface area is 165 Å². The van der Waals surface area contributed by atoms with Gasteiger partial charge < -0.3 is 9.84 Å². The molecule has 6 nitrogen and oxygen atoms in total. The van der Waals surface area contributed by atoms with Gasteiger partial charge in [-0.05, 0) is 30.3 Å². The molecule has 148 valence electrons. The fourth-order valence-corrected chi connectivity index (χ4v) is 4.74. The van der Waals surface area contributed by atoms with Gasteiger partial charge in [0.2, 0.25) is 15.7 Å². The van der Waals surface area contributed by atoms with E-state index in [4.69, 9.17) is 22.9 Å². The maximum absolute atomic E-state index is 13.6. The van der Waals surface area contributed by atoms with Gasteiger partial charge in [-0.1, -0.05) is 11.6 Å². The van der Waals surface area contributed by atoms with Gasteiger partial charge in [0.15, 0.2) is 0 Å². The topological polar surface area (TPSA) is 71.2 Å². The monoisotopic (exact) mass is 428 g/mol. The molecular weight excluding hydrogens is 414 g/mol. The summed E-state index contributed by atoms with van der Waals surface area (Å²) >= 11 is 5.65. The molecule has 3 rings (SSSR count). The van der Waals surface area contributed by atoms with Gasteiger partial charge >= 0.3 is 0 Å². The summed E-state index contributed by atoms with van der Waals surface area (Å²) in [6.07, 6.45) is 0. The Morgan fingerprint density at radius 2 is 1.93 bits per heavy atom. The highest BCUT2D eigenvalue weighted by atomic mass is 35.5. The minimum atomic E-state index is -3.90. The molecule has 2 aromatic rings. The van der Waals surface area contributed by atoms with Crippen LogP contribution in [-0.4, -0.2) is 44.1 Å². The van der Waals surface area contributed by atoms with Crippen molar-refractivity contribution in [3.05, 3.63) is 64.5 Å². The Morgan fingerprint density at radius 3 is 2.50 bits per heavy atom. The number of hydrogen-bond acceptors (Lipinski definition) is 4. The van der Waals surface area contributed by atoms with Gasteiger partial charge in [0, 0.05) is 19.2 Å². The van der Waals surface area contributed by atoms with Crippen molar-refractivity contribution in [2.75, 3.05) is 26.3 Å². The van der Waals surface area contributed by atoms with Crippen molar-refractivity contribution in [2.24, 2.45) is 5.41 Å². The summed E-state index contributed by atoms with van der Waals surface area (Å²) in [5.41, 5.74) is -0.991. The van der Waals surface area contributed by atoms with Gasteiger partial charge in [0.1, 0.15) is 17.4 Å². The number of nitrogens with zero attached hydrogens (tertiary/aromatic N) is 2. The van der Waals surface area contributed by atoms with E-state index >= 15 is 0 Å². The molecule has 0 atom stereocenters. The van der Waals surface area contributed by atoms with Gasteiger partial charge in [-0.25, -0.2) is 22.0 Å². The third-order valence-corrected chi connectivity index (χ3v) is 6.55. The lowest BCUT2D eigenvalue weighted by Gasteiger charge is -2.47. The van der Waals surface area contributed by atoms with E-state index in [2.05, 4.69) is 4.85 Å². The second-order valence-corrected chi connectivity index (χ2v) is 8.87. The van der Waals surface area contributed by atoms with Crippen molar-refractivity contribution < 1.29 is 27.0 Å². The summed E-state index contributed by atoms with van der Waals surface area (Å²) in [6.45, 7) is 6.39. The Hall–Kier alpha value is -2.25. The van der Waals surface area contributed by atoms with Crippen molar-refractivity contribution in [1.82, 2.24) is 4.31 Å². The number of halogens is 3. The van der Waals surface area contributed by atoms with Gasteiger partial charge in [0.05, 0.1) is 35.1 Å². The molecule has 28 heavy (non-hydrogen) atoms. The zero-order chi connectivity index (χ0) is 20.5. The number of aliphatic hydroxyl groups excluding tert-OH is 1. The fourth-order valence-electron chi connectivity index (χ4n) is 2.80. The van der Waals surface area contributed by atoms with Crippen LogP contribution >= 0.6 is 11.6 Å². The predicted octanol–water partition coefficient (Wildman–Crippen LogP) is 3.23. The summed E-state index contributed by atoms with van der Waals surface area (Å²) in [6, 6.07) is 6.89. The minimum absolute atomic E-state index is 0.0244. The Morgan fingerprint density at radius 1 is 1.21 bits per heavy atom. The van der Waals surface area contributed by atoms with Crippen molar-refractivity contribution in [3.8, 4) is 5.75 Å². The molecule has 1 fully saturated rings. The molecule has 1 heterocycles. The van der Waals surface area contributed by atoms with Gasteiger partial charge in [-0.15, -0.1) is 0 Å². The standard InChI is InChI=1S/C18H15ClF2N2O4S/c1-22-17-5-2-12(6-16(17)21)27-11-18(10-24)8-23(9-18)28(25,26)13-3-4-15(20)14(19)7-13/h2-7,24H,8-11H2. The number of benzene rings is 2. The molecule has 0 bridgehead atoms. The molecule has 1 saturated heterocycles. The first kappa shape index (κ1) is 20.5. The second kappa shape index (κ2) is 7.64. The number of hydrogen-bond donors (Lipinski definition) is 1. The lowest BCUT2D eigenvalue weighted by molar-refractivity contribution is -0.0273. The summed E-state index contributed by atoms with van der Waals surface area (Å²) in [7, 11) is -3.90. The highest BCUT2D eigenvalue weighted by Gasteiger charge is 2.49. The molecule has 1 N–H and O–H groups in total. The Bertz CT molecular complexity index is 1050. The average Bonchev–Trinajstić information content (AvgIpc) is 2.63. The number of ether oxygens (including phenoxy) is 1. The van der Waals surface area contributed by atoms with Crippen LogP contribution in [0.2, 0.25) is 5.02 Å². The first-order valence-corrected chi connectivity index (χ1v) is 9.88. The first-order chi connectivity index (χ1) is 13.2. The third kappa shape index (κ3) is 3.82. The summed E-state index contributed by atoms with van der Waals surface area (Å²) in [4.78, 5) is 2.86. The molecule has 0 saturated carbocycles. The molecule has 0 radical (unpaired) electrons. The van der Waals surface area contributed by atoms with Crippen LogP contribution in [0, 0.1) is 23.6 Å². The molecule has 1 aliphatic heterocycles. The zero-order valence-corrected chi connectivity index (χ0v) is 16.0. The summed E-state index contributed by atoms with van der Waals surface area (Å²) < 4.78 is 58.8. The number of aliphatic hydroxyl groups is 1. The summed E-state index contributed by atoms with van der Waals surface area (Å²) in [5.74, 6) is -1.28. The van der Waals surface area contributed by atoms with Crippen LogP contribution in [0.15, 0.2) is 41.3 Å². The van der Waals surface area contributed by atoms with Crippen LogP contribution in [0.5, 0.6) is 5.75 Å². The van der Waals surface area contributed by atoms with E-state index in [1.165, 1.54) is 12.1 Å². The zero-order valence-electron chi connectivity index (χ0n) is 14.4. The maximum atomic E-state index is 13.6. The van der Waals surface area contributed by atoms with Crippen LogP contribution in [-0.2, 0) is 10.0 Å². The summed E-state index contributed by atoms with van der Waals surface area (Å²) in [5, 5.41) is 9.40. The van der Waals surface area contributed by atoms with E-state index in [1.807, 2.05) is 0 Å². The van der Waals surface area contributed by atoms with Crippen molar-refractivity contribution >= 4 is 27.3 Å². The normalized spacial score (nSPS) is 16.2. The van der Waals surface area contributed by atoms with Crippen LogP contribution in [0.3, 0.4) is 0 Å². The van der Waals surface area contributed by atoms with Crippen LogP contribution in [0.25, 0.3) is 4.85 Å². The van der Waals surface area contributed by atoms with Gasteiger partial charge in [-0.3, -0.25) is 0 Å². The highest BCUT2D eigenvalue weighted by molar-refractivity contribution is 7.89. The van der Waals surface area contributed by atoms with E-state index in [-0.39, 0.29) is 47.7 Å². The van der Waals surface area contributed by atoms with Crippen molar-refractivity contribution in [3.63, 3.8) is 0 Å². The third-order valence-electron chi connectivity index (χ3n) is 4.47. The van der Waals surface area contributed by atoms with E-state index < -0.39 is 27.1 Å². The van der Waals surface area contributed by atoms with Gasteiger partial charge in [-0.2, -0.15) is 4.31 Å². The molecule has 10 heteroatoms. The second-order valence-electron chi connectivity index (χ2n) is 6.52. The quantitative estimate of drug-likeness (QED) is 0.717. The smallest absolute Gasteiger partial charge is 0.243 e. The van der Waals surface area contributed by atoms with Crippen LogP contribution < -0.4 is 4.74 Å². The molecule has 1 aliphatic rings. The first-order valence-electron chi connectivity index (χ1n) is 8.07. The van der Waals surface area contributed by atoms with E-state index in [1.54, 1.807) is 0 Å². The molecule has 0 aliphatic carbocycles. The van der Waals surface area contributed by atoms with Crippen molar-refractivity contribution in [2.45, 2.75) is 4.90 Å². The SMILES string of the molecule is [C-]#[N+]c1ccc(OCC2(CO)CN(S(=O)(=O)c3ccc(F)c(Cl)c3)C2)cc1F. The van der Waals surface area contributed by atoms with Gasteiger partial charge in [0.25, 0.3) is 0 Å². The average molecular weight is 429 g/mol. The molecular formula is C18H15ClF2N2O4S. The largest absolute Gasteiger partial charge is 0.493 e. The lowest BCUT2D eigenvalue weighted by atomic mass is 9.83.